The third-order valence-corrected chi connectivity index (χ3v) is 4.83. The third-order valence-electron chi connectivity index (χ3n) is 4.10. The normalized spacial score (nSPS) is 15.5. The van der Waals surface area contributed by atoms with Crippen LogP contribution in [0.1, 0.15) is 16.2 Å². The molecule has 7 nitrogen and oxygen atoms in total. The van der Waals surface area contributed by atoms with Crippen LogP contribution in [0.5, 0.6) is 0 Å². The molecule has 0 aromatic carbocycles. The van der Waals surface area contributed by atoms with E-state index in [4.69, 9.17) is 9.15 Å². The smallest absolute Gasteiger partial charge is 0.433 e. The molecule has 0 radical (unpaired) electrons. The van der Waals surface area contributed by atoms with E-state index in [2.05, 4.69) is 26.0 Å². The highest BCUT2D eigenvalue weighted by molar-refractivity contribution is 9.10. The molecule has 1 amide bonds. The van der Waals surface area contributed by atoms with Gasteiger partial charge in [-0.05, 0) is 34.1 Å². The monoisotopic (exact) mass is 444 g/mol. The molecular formula is C16H12BrF3N4O3. The minimum Gasteiger partial charge on any atom is -0.463 e. The van der Waals surface area contributed by atoms with E-state index in [1.54, 1.807) is 6.07 Å². The van der Waals surface area contributed by atoms with Crippen molar-refractivity contribution in [2.24, 2.45) is 0 Å². The molecule has 142 valence electrons. The van der Waals surface area contributed by atoms with E-state index in [1.807, 2.05) is 0 Å². The summed E-state index contributed by atoms with van der Waals surface area (Å²) in [5, 5.41) is 3.90. The summed E-state index contributed by atoms with van der Waals surface area (Å²) in [7, 11) is 0. The van der Waals surface area contributed by atoms with Crippen molar-refractivity contribution in [3.63, 3.8) is 0 Å². The highest BCUT2D eigenvalue weighted by atomic mass is 79.9. The number of furan rings is 1. The van der Waals surface area contributed by atoms with Crippen LogP contribution >= 0.6 is 15.9 Å². The molecule has 3 aromatic rings. The lowest BCUT2D eigenvalue weighted by molar-refractivity contribution is -0.142. The SMILES string of the molecule is O=C(c1nn2c(C(F)(F)F)cc(-c3ccco3)nc2c1Br)N1CCOCC1. The molecule has 0 N–H and O–H groups in total. The van der Waals surface area contributed by atoms with E-state index in [0.29, 0.717) is 30.8 Å². The molecule has 4 heterocycles. The molecule has 1 saturated heterocycles. The fourth-order valence-corrected chi connectivity index (χ4v) is 3.30. The van der Waals surface area contributed by atoms with Gasteiger partial charge >= 0.3 is 6.18 Å². The Hall–Kier alpha value is -2.40. The Morgan fingerprint density at radius 3 is 2.63 bits per heavy atom. The Labute approximate surface area is 158 Å². The summed E-state index contributed by atoms with van der Waals surface area (Å²) in [6, 6.07) is 3.89. The topological polar surface area (TPSA) is 72.9 Å². The maximum Gasteiger partial charge on any atom is 0.433 e. The molecule has 0 spiro atoms. The highest BCUT2D eigenvalue weighted by Crippen LogP contribution is 2.35. The summed E-state index contributed by atoms with van der Waals surface area (Å²) in [6.07, 6.45) is -3.36. The number of hydrogen-bond donors (Lipinski definition) is 0. The number of morpholine rings is 1. The van der Waals surface area contributed by atoms with Crippen molar-refractivity contribution in [2.75, 3.05) is 26.3 Å². The number of fused-ring (bicyclic) bond motifs is 1. The van der Waals surface area contributed by atoms with Gasteiger partial charge < -0.3 is 14.1 Å². The van der Waals surface area contributed by atoms with Crippen molar-refractivity contribution in [3.8, 4) is 11.5 Å². The third kappa shape index (κ3) is 3.21. The van der Waals surface area contributed by atoms with Crippen LogP contribution < -0.4 is 0 Å². The molecule has 27 heavy (non-hydrogen) atoms. The van der Waals surface area contributed by atoms with Gasteiger partial charge in [0.25, 0.3) is 5.91 Å². The number of hydrogen-bond acceptors (Lipinski definition) is 5. The van der Waals surface area contributed by atoms with E-state index in [9.17, 15) is 18.0 Å². The van der Waals surface area contributed by atoms with Gasteiger partial charge in [0, 0.05) is 13.1 Å². The molecule has 11 heteroatoms. The van der Waals surface area contributed by atoms with Crippen LogP contribution in [-0.2, 0) is 10.9 Å². The zero-order chi connectivity index (χ0) is 19.2. The summed E-state index contributed by atoms with van der Waals surface area (Å²) in [5.74, 6) is -0.305. The molecule has 1 fully saturated rings. The Morgan fingerprint density at radius 2 is 2.00 bits per heavy atom. The maximum absolute atomic E-state index is 13.6. The Bertz CT molecular complexity index is 995. The maximum atomic E-state index is 13.6. The van der Waals surface area contributed by atoms with Gasteiger partial charge in [0.2, 0.25) is 0 Å². The van der Waals surface area contributed by atoms with Gasteiger partial charge in [0.15, 0.2) is 22.8 Å². The number of rotatable bonds is 2. The van der Waals surface area contributed by atoms with Gasteiger partial charge in [-0.15, -0.1) is 0 Å². The molecule has 0 saturated carbocycles. The van der Waals surface area contributed by atoms with E-state index in [1.165, 1.54) is 17.2 Å². The molecule has 0 atom stereocenters. The van der Waals surface area contributed by atoms with Crippen molar-refractivity contribution < 1.29 is 27.1 Å². The predicted molar refractivity (Wildman–Crippen MR) is 90.1 cm³/mol. The van der Waals surface area contributed by atoms with E-state index in [0.717, 1.165) is 6.07 Å². The first-order chi connectivity index (χ1) is 12.9. The van der Waals surface area contributed by atoms with Gasteiger partial charge in [-0.2, -0.15) is 18.3 Å². The molecule has 4 rings (SSSR count). The first-order valence-electron chi connectivity index (χ1n) is 7.93. The van der Waals surface area contributed by atoms with Crippen LogP contribution in [-0.4, -0.2) is 51.7 Å². The number of alkyl halides is 3. The first-order valence-corrected chi connectivity index (χ1v) is 8.73. The molecule has 0 aliphatic carbocycles. The van der Waals surface area contributed by atoms with Gasteiger partial charge in [-0.3, -0.25) is 4.79 Å². The Morgan fingerprint density at radius 1 is 1.26 bits per heavy atom. The van der Waals surface area contributed by atoms with E-state index >= 15 is 0 Å². The summed E-state index contributed by atoms with van der Waals surface area (Å²) in [6.45, 7) is 1.42. The van der Waals surface area contributed by atoms with Crippen LogP contribution in [0.4, 0.5) is 13.2 Å². The minimum absolute atomic E-state index is 0.00852. The van der Waals surface area contributed by atoms with Crippen LogP contribution in [0, 0.1) is 0 Å². The van der Waals surface area contributed by atoms with Crippen molar-refractivity contribution in [3.05, 3.63) is 40.3 Å². The van der Waals surface area contributed by atoms with Crippen LogP contribution in [0.2, 0.25) is 0 Å². The van der Waals surface area contributed by atoms with Crippen molar-refractivity contribution in [2.45, 2.75) is 6.18 Å². The quantitative estimate of drug-likeness (QED) is 0.606. The second-order valence-corrected chi connectivity index (χ2v) is 6.60. The minimum atomic E-state index is -4.70. The molecule has 0 unspecified atom stereocenters. The fraction of sp³-hybridized carbons (Fsp3) is 0.312. The number of amides is 1. The van der Waals surface area contributed by atoms with Crippen LogP contribution in [0.15, 0.2) is 33.4 Å². The summed E-state index contributed by atoms with van der Waals surface area (Å²) >= 11 is 3.19. The van der Waals surface area contributed by atoms with Gasteiger partial charge in [0.05, 0.1) is 23.9 Å². The number of carbonyl (C=O) groups excluding carboxylic acids is 1. The second kappa shape index (κ2) is 6.64. The van der Waals surface area contributed by atoms with E-state index < -0.39 is 17.8 Å². The van der Waals surface area contributed by atoms with Crippen LogP contribution in [0.25, 0.3) is 17.1 Å². The lowest BCUT2D eigenvalue weighted by Gasteiger charge is -2.26. The first kappa shape index (κ1) is 18.0. The molecule has 1 aliphatic heterocycles. The Balaban J connectivity index is 1.88. The number of aromatic nitrogens is 3. The summed E-state index contributed by atoms with van der Waals surface area (Å²) in [4.78, 5) is 18.4. The predicted octanol–water partition coefficient (Wildman–Crippen LogP) is 3.24. The highest BCUT2D eigenvalue weighted by Gasteiger charge is 2.37. The van der Waals surface area contributed by atoms with Gasteiger partial charge in [0.1, 0.15) is 5.69 Å². The Kier molecular flexibility index (Phi) is 4.42. The molecule has 3 aromatic heterocycles. The largest absolute Gasteiger partial charge is 0.463 e. The number of nitrogens with zero attached hydrogens (tertiary/aromatic N) is 4. The van der Waals surface area contributed by atoms with Crippen molar-refractivity contribution >= 4 is 27.5 Å². The average molecular weight is 445 g/mol. The average Bonchev–Trinajstić information content (AvgIpc) is 3.29. The van der Waals surface area contributed by atoms with Gasteiger partial charge in [-0.25, -0.2) is 9.50 Å². The van der Waals surface area contributed by atoms with Crippen LogP contribution in [0.3, 0.4) is 0 Å². The lowest BCUT2D eigenvalue weighted by Crippen LogP contribution is -2.41. The van der Waals surface area contributed by atoms with E-state index in [-0.39, 0.29) is 27.3 Å². The standard InChI is InChI=1S/C16H12BrF3N4O3/c17-12-13(15(25)23-3-6-26-7-4-23)22-24-11(16(18,19)20)8-9(21-14(12)24)10-2-1-5-27-10/h1-2,5,8H,3-4,6-7H2. The van der Waals surface area contributed by atoms with Crippen molar-refractivity contribution in [1.29, 1.82) is 0 Å². The van der Waals surface area contributed by atoms with Gasteiger partial charge in [-0.1, -0.05) is 0 Å². The summed E-state index contributed by atoms with van der Waals surface area (Å²) in [5.41, 5.74) is -1.31. The lowest BCUT2D eigenvalue weighted by atomic mass is 10.2. The second-order valence-electron chi connectivity index (χ2n) is 5.80. The molecule has 0 bridgehead atoms. The van der Waals surface area contributed by atoms with Crippen molar-refractivity contribution in [1.82, 2.24) is 19.5 Å². The number of halogens is 4. The zero-order valence-electron chi connectivity index (χ0n) is 13.7. The molecule has 1 aliphatic rings. The molecular weight excluding hydrogens is 433 g/mol. The zero-order valence-corrected chi connectivity index (χ0v) is 15.2. The fourth-order valence-electron chi connectivity index (χ4n) is 2.80. The number of carbonyl (C=O) groups is 1. The summed E-state index contributed by atoms with van der Waals surface area (Å²) < 4.78 is 51.8. The number of ether oxygens (including phenoxy) is 1.